The maximum atomic E-state index is 12.3. The molecule has 0 spiro atoms. The number of hydrogen-bond donors (Lipinski definition) is 0. The highest BCUT2D eigenvalue weighted by Crippen LogP contribution is 2.24. The second-order valence-corrected chi connectivity index (χ2v) is 4.63. The van der Waals surface area contributed by atoms with E-state index in [4.69, 9.17) is 9.47 Å². The fourth-order valence-corrected chi connectivity index (χ4v) is 2.01. The number of methoxy groups -OCH3 is 2. The molecule has 0 fully saturated rings. The second kappa shape index (κ2) is 7.22. The summed E-state index contributed by atoms with van der Waals surface area (Å²) in [5.41, 5.74) is 0.175. The number of nitrogens with zero attached hydrogens (tertiary/aromatic N) is 1. The van der Waals surface area contributed by atoms with Gasteiger partial charge in [-0.1, -0.05) is 30.3 Å². The van der Waals surface area contributed by atoms with Gasteiger partial charge in [-0.15, -0.1) is 0 Å². The Morgan fingerprint density at radius 1 is 1.04 bits per heavy atom. The van der Waals surface area contributed by atoms with Crippen molar-refractivity contribution in [2.45, 2.75) is 0 Å². The molecule has 0 bridgehead atoms. The third-order valence-electron chi connectivity index (χ3n) is 3.14. The van der Waals surface area contributed by atoms with Crippen molar-refractivity contribution in [3.05, 3.63) is 75.5 Å². The van der Waals surface area contributed by atoms with Gasteiger partial charge in [0.05, 0.1) is 19.1 Å². The minimum absolute atomic E-state index is 0.255. The highest BCUT2D eigenvalue weighted by atomic mass is 16.6. The van der Waals surface area contributed by atoms with Gasteiger partial charge in [-0.2, -0.15) is 0 Å². The number of ketones is 1. The SMILES string of the molecule is COc1cc(C=C(C(=O)c2ccccc2)[N+](=O)[O-])cc(OC)c1. The molecule has 2 aromatic carbocycles. The zero-order chi connectivity index (χ0) is 16.8. The van der Waals surface area contributed by atoms with Gasteiger partial charge in [-0.05, 0) is 17.7 Å². The van der Waals surface area contributed by atoms with Crippen molar-refractivity contribution in [2.75, 3.05) is 14.2 Å². The van der Waals surface area contributed by atoms with E-state index in [1.807, 2.05) is 0 Å². The lowest BCUT2D eigenvalue weighted by Crippen LogP contribution is -2.11. The quantitative estimate of drug-likeness (QED) is 0.354. The molecule has 23 heavy (non-hydrogen) atoms. The van der Waals surface area contributed by atoms with Gasteiger partial charge in [0.1, 0.15) is 11.5 Å². The Morgan fingerprint density at radius 3 is 2.09 bits per heavy atom. The highest BCUT2D eigenvalue weighted by Gasteiger charge is 2.23. The van der Waals surface area contributed by atoms with Crippen LogP contribution in [0.3, 0.4) is 0 Å². The number of ether oxygens (including phenoxy) is 2. The van der Waals surface area contributed by atoms with Crippen molar-refractivity contribution >= 4 is 11.9 Å². The molecular weight excluding hydrogens is 298 g/mol. The molecule has 0 aliphatic carbocycles. The topological polar surface area (TPSA) is 78.7 Å². The first-order valence-electron chi connectivity index (χ1n) is 6.74. The van der Waals surface area contributed by atoms with E-state index in [1.165, 1.54) is 32.4 Å². The molecule has 2 aromatic rings. The van der Waals surface area contributed by atoms with Crippen molar-refractivity contribution in [3.8, 4) is 11.5 Å². The van der Waals surface area contributed by atoms with E-state index in [1.54, 1.807) is 36.4 Å². The first kappa shape index (κ1) is 16.2. The van der Waals surface area contributed by atoms with Gasteiger partial charge in [0.15, 0.2) is 0 Å². The average molecular weight is 313 g/mol. The predicted octanol–water partition coefficient (Wildman–Crippen LogP) is 3.20. The zero-order valence-corrected chi connectivity index (χ0v) is 12.7. The van der Waals surface area contributed by atoms with Crippen molar-refractivity contribution in [1.82, 2.24) is 0 Å². The van der Waals surface area contributed by atoms with Crippen molar-refractivity contribution < 1.29 is 19.2 Å². The average Bonchev–Trinajstić information content (AvgIpc) is 2.59. The van der Waals surface area contributed by atoms with Gasteiger partial charge in [-0.3, -0.25) is 14.9 Å². The maximum Gasteiger partial charge on any atom is 0.317 e. The number of hydrogen-bond acceptors (Lipinski definition) is 5. The summed E-state index contributed by atoms with van der Waals surface area (Å²) in [4.78, 5) is 22.9. The third kappa shape index (κ3) is 3.94. The number of Topliss-reactive ketones (excluding diaryl/α,β-unsaturated/α-hetero) is 1. The number of nitro groups is 1. The Bertz CT molecular complexity index is 731. The van der Waals surface area contributed by atoms with Crippen LogP contribution in [0.4, 0.5) is 0 Å². The summed E-state index contributed by atoms with van der Waals surface area (Å²) in [6.07, 6.45) is 1.21. The summed E-state index contributed by atoms with van der Waals surface area (Å²) >= 11 is 0. The molecule has 0 atom stereocenters. The van der Waals surface area contributed by atoms with Crippen molar-refractivity contribution in [1.29, 1.82) is 0 Å². The molecule has 0 aliphatic heterocycles. The Labute approximate surface area is 133 Å². The van der Waals surface area contributed by atoms with Gasteiger partial charge in [0.25, 0.3) is 5.78 Å². The molecule has 6 nitrogen and oxygen atoms in total. The molecular formula is C17H15NO5. The lowest BCUT2D eigenvalue weighted by molar-refractivity contribution is -0.415. The number of allylic oxidation sites excluding steroid dienone is 1. The fourth-order valence-electron chi connectivity index (χ4n) is 2.01. The summed E-state index contributed by atoms with van der Waals surface area (Å²) in [5, 5.41) is 11.3. The van der Waals surface area contributed by atoms with E-state index in [0.29, 0.717) is 17.1 Å². The van der Waals surface area contributed by atoms with Crippen LogP contribution in [0.15, 0.2) is 54.2 Å². The summed E-state index contributed by atoms with van der Waals surface area (Å²) in [7, 11) is 2.96. The fraction of sp³-hybridized carbons (Fsp3) is 0.118. The van der Waals surface area contributed by atoms with Crippen LogP contribution < -0.4 is 9.47 Å². The van der Waals surface area contributed by atoms with Gasteiger partial charge >= 0.3 is 5.70 Å². The lowest BCUT2D eigenvalue weighted by Gasteiger charge is -2.06. The molecule has 0 saturated heterocycles. The molecule has 0 aromatic heterocycles. The summed E-state index contributed by atoms with van der Waals surface area (Å²) in [5.74, 6) is 0.299. The number of carbonyl (C=O) groups is 1. The van der Waals surface area contributed by atoms with Crippen LogP contribution in [-0.2, 0) is 0 Å². The minimum atomic E-state index is -0.693. The van der Waals surface area contributed by atoms with E-state index in [2.05, 4.69) is 0 Å². The van der Waals surface area contributed by atoms with Gasteiger partial charge in [-0.25, -0.2) is 0 Å². The van der Waals surface area contributed by atoms with E-state index in [0.717, 1.165) is 0 Å². The summed E-state index contributed by atoms with van der Waals surface area (Å²) in [6.45, 7) is 0. The number of rotatable bonds is 6. The van der Waals surface area contributed by atoms with Crippen LogP contribution in [0, 0.1) is 10.1 Å². The molecule has 2 rings (SSSR count). The van der Waals surface area contributed by atoms with Gasteiger partial charge < -0.3 is 9.47 Å². The van der Waals surface area contributed by atoms with E-state index in [-0.39, 0.29) is 5.56 Å². The van der Waals surface area contributed by atoms with E-state index >= 15 is 0 Å². The standard InChI is InChI=1S/C17H15NO5/c1-22-14-8-12(9-15(11-14)23-2)10-16(18(20)21)17(19)13-6-4-3-5-7-13/h3-11H,1-2H3. The maximum absolute atomic E-state index is 12.3. The van der Waals surface area contributed by atoms with Crippen LogP contribution in [0.1, 0.15) is 15.9 Å². The normalized spacial score (nSPS) is 11.0. The smallest absolute Gasteiger partial charge is 0.317 e. The molecule has 0 radical (unpaired) electrons. The molecule has 118 valence electrons. The van der Waals surface area contributed by atoms with Crippen LogP contribution in [-0.4, -0.2) is 24.9 Å². The van der Waals surface area contributed by atoms with Gasteiger partial charge in [0, 0.05) is 17.7 Å². The lowest BCUT2D eigenvalue weighted by atomic mass is 10.1. The Kier molecular flexibility index (Phi) is 5.09. The monoisotopic (exact) mass is 313 g/mol. The Morgan fingerprint density at radius 2 is 1.61 bits per heavy atom. The van der Waals surface area contributed by atoms with Gasteiger partial charge in [0.2, 0.25) is 0 Å². The number of carbonyl (C=O) groups excluding carboxylic acids is 1. The minimum Gasteiger partial charge on any atom is -0.497 e. The molecule has 0 saturated carbocycles. The highest BCUT2D eigenvalue weighted by molar-refractivity contribution is 6.09. The summed E-state index contributed by atoms with van der Waals surface area (Å²) < 4.78 is 10.2. The van der Waals surface area contributed by atoms with Crippen LogP contribution >= 0.6 is 0 Å². The zero-order valence-electron chi connectivity index (χ0n) is 12.7. The molecule has 0 amide bonds. The first-order chi connectivity index (χ1) is 11.0. The number of benzene rings is 2. The van der Waals surface area contributed by atoms with Crippen LogP contribution in [0.5, 0.6) is 11.5 Å². The van der Waals surface area contributed by atoms with E-state index in [9.17, 15) is 14.9 Å². The Balaban J connectivity index is 2.47. The first-order valence-corrected chi connectivity index (χ1v) is 6.74. The molecule has 6 heteroatoms. The van der Waals surface area contributed by atoms with Crippen LogP contribution in [0.2, 0.25) is 0 Å². The molecule has 0 N–H and O–H groups in total. The second-order valence-electron chi connectivity index (χ2n) is 4.63. The molecule has 0 unspecified atom stereocenters. The molecule has 0 aliphatic rings. The largest absolute Gasteiger partial charge is 0.497 e. The van der Waals surface area contributed by atoms with E-state index < -0.39 is 16.4 Å². The predicted molar refractivity (Wildman–Crippen MR) is 85.3 cm³/mol. The summed E-state index contributed by atoms with van der Waals surface area (Å²) in [6, 6.07) is 12.9. The molecule has 0 heterocycles. The third-order valence-corrected chi connectivity index (χ3v) is 3.14. The van der Waals surface area contributed by atoms with Crippen molar-refractivity contribution in [2.24, 2.45) is 0 Å². The Hall–Kier alpha value is -3.15. The van der Waals surface area contributed by atoms with Crippen molar-refractivity contribution in [3.63, 3.8) is 0 Å². The van der Waals surface area contributed by atoms with Crippen LogP contribution in [0.25, 0.3) is 6.08 Å².